The van der Waals surface area contributed by atoms with E-state index in [9.17, 15) is 4.39 Å². The Hall–Kier alpha value is -1.55. The third-order valence-corrected chi connectivity index (χ3v) is 2.13. The lowest BCUT2D eigenvalue weighted by molar-refractivity contribution is 0.631. The smallest absolute Gasteiger partial charge is 0.151 e. The van der Waals surface area contributed by atoms with E-state index in [2.05, 4.69) is 10.2 Å². The monoisotopic (exact) mass is 211 g/mol. The summed E-state index contributed by atoms with van der Waals surface area (Å²) in [5.74, 6) is -0.155. The van der Waals surface area contributed by atoms with Crippen LogP contribution in [0.15, 0.2) is 24.3 Å². The third kappa shape index (κ3) is 1.44. The zero-order chi connectivity index (χ0) is 10.1. The Morgan fingerprint density at radius 3 is 2.86 bits per heavy atom. The number of H-pyrrole nitrogens is 1. The number of nitrogens with one attached hydrogen (secondary N) is 1. The average molecular weight is 212 g/mol. The van der Waals surface area contributed by atoms with Gasteiger partial charge in [0, 0.05) is 11.6 Å². The van der Waals surface area contributed by atoms with E-state index in [-0.39, 0.29) is 5.02 Å². The number of hydrogen-bond acceptors (Lipinski definition) is 2. The molecule has 0 bridgehead atoms. The Morgan fingerprint density at radius 1 is 1.43 bits per heavy atom. The molecule has 0 amide bonds. The maximum absolute atomic E-state index is 13.5. The van der Waals surface area contributed by atoms with Gasteiger partial charge in [-0.3, -0.25) is 5.10 Å². The minimum atomic E-state index is -0.474. The molecule has 1 aromatic carbocycles. The molecule has 0 saturated carbocycles. The first-order valence-electron chi connectivity index (χ1n) is 3.94. The third-order valence-electron chi connectivity index (χ3n) is 1.84. The van der Waals surface area contributed by atoms with Crippen molar-refractivity contribution in [2.24, 2.45) is 0 Å². The van der Waals surface area contributed by atoms with Crippen LogP contribution in [-0.2, 0) is 0 Å². The summed E-state index contributed by atoms with van der Waals surface area (Å²) in [4.78, 5) is 0. The molecule has 0 aliphatic rings. The van der Waals surface area contributed by atoms with E-state index in [1.54, 1.807) is 18.2 Å². The SMILES string of the molecule is Nc1cc(-c2cccc(Cl)c2F)[nH]n1. The van der Waals surface area contributed by atoms with Crippen LogP contribution >= 0.6 is 11.6 Å². The molecule has 0 aliphatic carbocycles. The highest BCUT2D eigenvalue weighted by Crippen LogP contribution is 2.26. The van der Waals surface area contributed by atoms with Crippen molar-refractivity contribution in [1.82, 2.24) is 10.2 Å². The molecule has 5 heteroatoms. The molecule has 14 heavy (non-hydrogen) atoms. The van der Waals surface area contributed by atoms with Crippen LogP contribution in [0, 0.1) is 5.82 Å². The predicted molar refractivity (Wildman–Crippen MR) is 53.4 cm³/mol. The van der Waals surface area contributed by atoms with Crippen molar-refractivity contribution in [1.29, 1.82) is 0 Å². The molecule has 3 N–H and O–H groups in total. The average Bonchev–Trinajstić information content (AvgIpc) is 2.57. The lowest BCUT2D eigenvalue weighted by Crippen LogP contribution is -1.85. The molecule has 0 aliphatic heterocycles. The van der Waals surface area contributed by atoms with Crippen LogP contribution < -0.4 is 5.73 Å². The number of aromatic amines is 1. The lowest BCUT2D eigenvalue weighted by Gasteiger charge is -2.00. The highest BCUT2D eigenvalue weighted by Gasteiger charge is 2.09. The Balaban J connectivity index is 2.57. The fourth-order valence-electron chi connectivity index (χ4n) is 1.19. The van der Waals surface area contributed by atoms with E-state index >= 15 is 0 Å². The van der Waals surface area contributed by atoms with E-state index in [0.717, 1.165) is 0 Å². The summed E-state index contributed by atoms with van der Waals surface area (Å²) >= 11 is 5.63. The van der Waals surface area contributed by atoms with Gasteiger partial charge in [0.2, 0.25) is 0 Å². The summed E-state index contributed by atoms with van der Waals surface area (Å²) in [6.07, 6.45) is 0. The van der Waals surface area contributed by atoms with Crippen molar-refractivity contribution in [2.45, 2.75) is 0 Å². The van der Waals surface area contributed by atoms with Crippen molar-refractivity contribution >= 4 is 17.4 Å². The van der Waals surface area contributed by atoms with Crippen LogP contribution in [0.25, 0.3) is 11.3 Å². The number of rotatable bonds is 1. The summed E-state index contributed by atoms with van der Waals surface area (Å²) in [6, 6.07) is 6.31. The molecule has 0 unspecified atom stereocenters. The molecule has 2 rings (SSSR count). The molecule has 0 atom stereocenters. The topological polar surface area (TPSA) is 54.7 Å². The number of nitrogens with zero attached hydrogens (tertiary/aromatic N) is 1. The summed E-state index contributed by atoms with van der Waals surface area (Å²) < 4.78 is 13.5. The van der Waals surface area contributed by atoms with Crippen molar-refractivity contribution in [3.63, 3.8) is 0 Å². The second-order valence-corrected chi connectivity index (χ2v) is 3.22. The first-order chi connectivity index (χ1) is 6.68. The number of anilines is 1. The highest BCUT2D eigenvalue weighted by atomic mass is 35.5. The lowest BCUT2D eigenvalue weighted by atomic mass is 10.1. The van der Waals surface area contributed by atoms with Crippen LogP contribution in [-0.4, -0.2) is 10.2 Å². The second-order valence-electron chi connectivity index (χ2n) is 2.81. The molecule has 2 aromatic rings. The molecule has 1 heterocycles. The molecule has 72 valence electrons. The molecule has 0 fully saturated rings. The van der Waals surface area contributed by atoms with Crippen molar-refractivity contribution in [2.75, 3.05) is 5.73 Å². The Morgan fingerprint density at radius 2 is 2.21 bits per heavy atom. The normalized spacial score (nSPS) is 10.4. The summed E-state index contributed by atoms with van der Waals surface area (Å²) in [5, 5.41) is 6.40. The van der Waals surface area contributed by atoms with Gasteiger partial charge in [-0.25, -0.2) is 4.39 Å². The number of nitrogens with two attached hydrogens (primary N) is 1. The molecular weight excluding hydrogens is 205 g/mol. The minimum Gasteiger partial charge on any atom is -0.382 e. The van der Waals surface area contributed by atoms with Crippen molar-refractivity contribution in [3.05, 3.63) is 35.1 Å². The van der Waals surface area contributed by atoms with E-state index < -0.39 is 5.82 Å². The van der Waals surface area contributed by atoms with Gasteiger partial charge in [0.15, 0.2) is 5.82 Å². The van der Waals surface area contributed by atoms with Crippen LogP contribution in [0.3, 0.4) is 0 Å². The van der Waals surface area contributed by atoms with E-state index in [1.165, 1.54) is 6.07 Å². The molecule has 1 aromatic heterocycles. The summed E-state index contributed by atoms with van der Waals surface area (Å²) in [7, 11) is 0. The van der Waals surface area contributed by atoms with Gasteiger partial charge in [-0.1, -0.05) is 17.7 Å². The van der Waals surface area contributed by atoms with Gasteiger partial charge in [0.05, 0.1) is 10.7 Å². The number of nitrogen functional groups attached to an aromatic ring is 1. The fourth-order valence-corrected chi connectivity index (χ4v) is 1.36. The molecule has 0 saturated heterocycles. The van der Waals surface area contributed by atoms with Gasteiger partial charge in [-0.05, 0) is 12.1 Å². The zero-order valence-corrected chi connectivity index (χ0v) is 7.85. The quantitative estimate of drug-likeness (QED) is 0.761. The van der Waals surface area contributed by atoms with E-state index in [4.69, 9.17) is 17.3 Å². The highest BCUT2D eigenvalue weighted by molar-refractivity contribution is 6.31. The summed E-state index contributed by atoms with van der Waals surface area (Å²) in [5.41, 5.74) is 6.29. The van der Waals surface area contributed by atoms with Gasteiger partial charge in [0.1, 0.15) is 5.82 Å². The maximum Gasteiger partial charge on any atom is 0.151 e. The predicted octanol–water partition coefficient (Wildman–Crippen LogP) is 2.45. The standard InChI is InChI=1S/C9H7ClFN3/c10-6-3-1-2-5(9(6)11)7-4-8(12)14-13-7/h1-4H,(H3,12,13,14). The van der Waals surface area contributed by atoms with Crippen molar-refractivity contribution in [3.8, 4) is 11.3 Å². The second kappa shape index (κ2) is 3.31. The Bertz CT molecular complexity index is 467. The number of halogens is 2. The van der Waals surface area contributed by atoms with E-state index in [0.29, 0.717) is 17.1 Å². The van der Waals surface area contributed by atoms with Gasteiger partial charge in [-0.2, -0.15) is 5.10 Å². The van der Waals surface area contributed by atoms with Crippen LogP contribution in [0.1, 0.15) is 0 Å². The number of aromatic nitrogens is 2. The summed E-state index contributed by atoms with van der Waals surface area (Å²) in [6.45, 7) is 0. The Kier molecular flexibility index (Phi) is 2.13. The van der Waals surface area contributed by atoms with Gasteiger partial charge >= 0.3 is 0 Å². The van der Waals surface area contributed by atoms with Crippen LogP contribution in [0.4, 0.5) is 10.2 Å². The van der Waals surface area contributed by atoms with Crippen LogP contribution in [0.5, 0.6) is 0 Å². The largest absolute Gasteiger partial charge is 0.382 e. The molecule has 3 nitrogen and oxygen atoms in total. The van der Waals surface area contributed by atoms with Gasteiger partial charge < -0.3 is 5.73 Å². The maximum atomic E-state index is 13.5. The van der Waals surface area contributed by atoms with Gasteiger partial charge in [-0.15, -0.1) is 0 Å². The Labute approximate surface area is 84.7 Å². The van der Waals surface area contributed by atoms with Crippen LogP contribution in [0.2, 0.25) is 5.02 Å². The molecular formula is C9H7ClFN3. The van der Waals surface area contributed by atoms with E-state index in [1.807, 2.05) is 0 Å². The first kappa shape index (κ1) is 9.02. The molecule has 0 radical (unpaired) electrons. The zero-order valence-electron chi connectivity index (χ0n) is 7.09. The minimum absolute atomic E-state index is 0.0793. The van der Waals surface area contributed by atoms with Gasteiger partial charge in [0.25, 0.3) is 0 Å². The fraction of sp³-hybridized carbons (Fsp3) is 0. The number of benzene rings is 1. The number of hydrogen-bond donors (Lipinski definition) is 2. The first-order valence-corrected chi connectivity index (χ1v) is 4.31. The van der Waals surface area contributed by atoms with Crippen molar-refractivity contribution < 1.29 is 4.39 Å². The molecule has 0 spiro atoms.